The molecule has 1 saturated heterocycles. The molecule has 0 N–H and O–H groups in total. The van der Waals surface area contributed by atoms with Crippen LogP contribution in [-0.4, -0.2) is 35.2 Å². The van der Waals surface area contributed by atoms with Crippen LogP contribution in [0, 0.1) is 11.8 Å². The molecule has 4 nitrogen and oxygen atoms in total. The molecule has 0 aromatic heterocycles. The summed E-state index contributed by atoms with van der Waals surface area (Å²) in [5.74, 6) is 0.604. The SMILES string of the molecule is CC(C)COC(=O)C1CSC(c2ccccc2Cl)N1C(=O)C1CCCC1. The first-order valence-electron chi connectivity index (χ1n) is 9.34. The van der Waals surface area contributed by atoms with Crippen molar-refractivity contribution in [3.05, 3.63) is 34.9 Å². The van der Waals surface area contributed by atoms with Crippen LogP contribution in [0.15, 0.2) is 24.3 Å². The fourth-order valence-corrected chi connectivity index (χ4v) is 5.36. The minimum atomic E-state index is -0.534. The van der Waals surface area contributed by atoms with Crippen molar-refractivity contribution in [1.82, 2.24) is 4.90 Å². The Morgan fingerprint density at radius 2 is 1.96 bits per heavy atom. The Kier molecular flexibility index (Phi) is 6.51. The zero-order valence-electron chi connectivity index (χ0n) is 15.3. The molecule has 1 aromatic carbocycles. The first kappa shape index (κ1) is 19.6. The molecule has 1 aliphatic carbocycles. The van der Waals surface area contributed by atoms with Crippen molar-refractivity contribution in [3.8, 4) is 0 Å². The van der Waals surface area contributed by atoms with Crippen molar-refractivity contribution in [2.24, 2.45) is 11.8 Å². The molecule has 2 aliphatic rings. The molecule has 1 aliphatic heterocycles. The van der Waals surface area contributed by atoms with Gasteiger partial charge in [0.1, 0.15) is 11.4 Å². The lowest BCUT2D eigenvalue weighted by Crippen LogP contribution is -2.46. The van der Waals surface area contributed by atoms with Gasteiger partial charge in [0, 0.05) is 22.3 Å². The first-order chi connectivity index (χ1) is 12.5. The number of hydrogen-bond donors (Lipinski definition) is 0. The minimum absolute atomic E-state index is 0.0130. The molecule has 1 saturated carbocycles. The van der Waals surface area contributed by atoms with Gasteiger partial charge in [-0.15, -0.1) is 11.8 Å². The highest BCUT2D eigenvalue weighted by Gasteiger charge is 2.45. The minimum Gasteiger partial charge on any atom is -0.464 e. The Bertz CT molecular complexity index is 660. The summed E-state index contributed by atoms with van der Waals surface area (Å²) in [5.41, 5.74) is 0.893. The lowest BCUT2D eigenvalue weighted by Gasteiger charge is -2.31. The molecule has 26 heavy (non-hydrogen) atoms. The van der Waals surface area contributed by atoms with E-state index in [1.54, 1.807) is 16.7 Å². The standard InChI is InChI=1S/C20H26ClNO3S/c1-13(2)11-25-20(24)17-12-26-19(15-9-5-6-10-16(15)21)22(17)18(23)14-7-3-4-8-14/h5-6,9-10,13-14,17,19H,3-4,7-8,11-12H2,1-2H3. The van der Waals surface area contributed by atoms with E-state index in [2.05, 4.69) is 0 Å². The molecule has 1 heterocycles. The van der Waals surface area contributed by atoms with Gasteiger partial charge in [0.2, 0.25) is 5.91 Å². The molecule has 6 heteroatoms. The topological polar surface area (TPSA) is 46.6 Å². The number of hydrogen-bond acceptors (Lipinski definition) is 4. The average Bonchev–Trinajstić information content (AvgIpc) is 3.29. The van der Waals surface area contributed by atoms with E-state index in [0.29, 0.717) is 17.4 Å². The molecule has 1 aromatic rings. The fourth-order valence-electron chi connectivity index (χ4n) is 3.60. The van der Waals surface area contributed by atoms with Crippen molar-refractivity contribution >= 4 is 35.2 Å². The van der Waals surface area contributed by atoms with Crippen LogP contribution in [0.25, 0.3) is 0 Å². The summed E-state index contributed by atoms with van der Waals surface area (Å²) in [6.07, 6.45) is 3.97. The van der Waals surface area contributed by atoms with Crippen molar-refractivity contribution in [2.45, 2.75) is 50.9 Å². The van der Waals surface area contributed by atoms with Crippen LogP contribution in [-0.2, 0) is 14.3 Å². The predicted octanol–water partition coefficient (Wildman–Crippen LogP) is 4.67. The molecule has 3 rings (SSSR count). The van der Waals surface area contributed by atoms with Gasteiger partial charge >= 0.3 is 5.97 Å². The Labute approximate surface area is 164 Å². The summed E-state index contributed by atoms with van der Waals surface area (Å²) in [6, 6.07) is 7.04. The van der Waals surface area contributed by atoms with E-state index in [1.165, 1.54) is 0 Å². The van der Waals surface area contributed by atoms with E-state index in [4.69, 9.17) is 16.3 Å². The van der Waals surface area contributed by atoms with Crippen LogP contribution >= 0.6 is 23.4 Å². The number of carbonyl (C=O) groups excluding carboxylic acids is 2. The van der Waals surface area contributed by atoms with Gasteiger partial charge in [-0.3, -0.25) is 4.79 Å². The van der Waals surface area contributed by atoms with E-state index < -0.39 is 6.04 Å². The van der Waals surface area contributed by atoms with E-state index in [0.717, 1.165) is 31.2 Å². The van der Waals surface area contributed by atoms with E-state index in [9.17, 15) is 9.59 Å². The van der Waals surface area contributed by atoms with E-state index >= 15 is 0 Å². The summed E-state index contributed by atoms with van der Waals surface area (Å²) in [7, 11) is 0. The molecule has 1 amide bonds. The van der Waals surface area contributed by atoms with Crippen molar-refractivity contribution in [1.29, 1.82) is 0 Å². The third-order valence-electron chi connectivity index (χ3n) is 4.96. The quantitative estimate of drug-likeness (QED) is 0.679. The molecular weight excluding hydrogens is 370 g/mol. The summed E-state index contributed by atoms with van der Waals surface area (Å²) < 4.78 is 5.47. The predicted molar refractivity (Wildman–Crippen MR) is 105 cm³/mol. The number of amides is 1. The molecule has 2 unspecified atom stereocenters. The van der Waals surface area contributed by atoms with Crippen LogP contribution in [0.1, 0.15) is 50.5 Å². The molecule has 0 bridgehead atoms. The average molecular weight is 396 g/mol. The molecule has 142 valence electrons. The molecule has 2 atom stereocenters. The second kappa shape index (κ2) is 8.66. The van der Waals surface area contributed by atoms with Gasteiger partial charge in [0.15, 0.2) is 0 Å². The van der Waals surface area contributed by atoms with Crippen LogP contribution in [0.4, 0.5) is 0 Å². The number of nitrogens with zero attached hydrogens (tertiary/aromatic N) is 1. The first-order valence-corrected chi connectivity index (χ1v) is 10.8. The highest BCUT2D eigenvalue weighted by Crippen LogP contribution is 2.45. The maximum absolute atomic E-state index is 13.3. The molecular formula is C20H26ClNO3S. The van der Waals surface area contributed by atoms with Crippen molar-refractivity contribution < 1.29 is 14.3 Å². The van der Waals surface area contributed by atoms with Gasteiger partial charge in [-0.05, 0) is 24.8 Å². The number of benzene rings is 1. The zero-order chi connectivity index (χ0) is 18.7. The van der Waals surface area contributed by atoms with Gasteiger partial charge in [0.05, 0.1) is 6.61 Å². The summed E-state index contributed by atoms with van der Waals surface area (Å²) in [6.45, 7) is 4.39. The van der Waals surface area contributed by atoms with E-state index in [1.807, 2.05) is 38.1 Å². The highest BCUT2D eigenvalue weighted by molar-refractivity contribution is 7.99. The zero-order valence-corrected chi connectivity index (χ0v) is 16.9. The summed E-state index contributed by atoms with van der Waals surface area (Å²) in [5, 5.41) is 0.402. The number of halogens is 1. The molecule has 0 radical (unpaired) electrons. The van der Waals surface area contributed by atoms with E-state index in [-0.39, 0.29) is 29.1 Å². The fraction of sp³-hybridized carbons (Fsp3) is 0.600. The smallest absolute Gasteiger partial charge is 0.329 e. The van der Waals surface area contributed by atoms with Gasteiger partial charge in [-0.25, -0.2) is 4.79 Å². The van der Waals surface area contributed by atoms with Crippen LogP contribution in [0.5, 0.6) is 0 Å². The molecule has 2 fully saturated rings. The van der Waals surface area contributed by atoms with Crippen LogP contribution < -0.4 is 0 Å². The normalized spacial score (nSPS) is 23.6. The number of ether oxygens (including phenoxy) is 1. The number of carbonyl (C=O) groups is 2. The Morgan fingerprint density at radius 3 is 2.62 bits per heavy atom. The monoisotopic (exact) mass is 395 g/mol. The summed E-state index contributed by atoms with van der Waals surface area (Å²) >= 11 is 7.99. The van der Waals surface area contributed by atoms with Crippen LogP contribution in [0.2, 0.25) is 5.02 Å². The largest absolute Gasteiger partial charge is 0.464 e. The van der Waals surface area contributed by atoms with Crippen molar-refractivity contribution in [3.63, 3.8) is 0 Å². The third-order valence-corrected chi connectivity index (χ3v) is 6.61. The van der Waals surface area contributed by atoms with Crippen LogP contribution in [0.3, 0.4) is 0 Å². The lowest BCUT2D eigenvalue weighted by atomic mass is 10.0. The van der Waals surface area contributed by atoms with Gasteiger partial charge in [0.25, 0.3) is 0 Å². The third kappa shape index (κ3) is 4.20. The number of esters is 1. The maximum atomic E-state index is 13.3. The number of thioether (sulfide) groups is 1. The van der Waals surface area contributed by atoms with Gasteiger partial charge < -0.3 is 9.64 Å². The van der Waals surface area contributed by atoms with Crippen molar-refractivity contribution in [2.75, 3.05) is 12.4 Å². The summed E-state index contributed by atoms with van der Waals surface area (Å²) in [4.78, 5) is 27.7. The Morgan fingerprint density at radius 1 is 1.27 bits per heavy atom. The Balaban J connectivity index is 1.86. The maximum Gasteiger partial charge on any atom is 0.329 e. The molecule has 0 spiro atoms. The Hall–Kier alpha value is -1.20. The second-order valence-electron chi connectivity index (χ2n) is 7.47. The second-order valence-corrected chi connectivity index (χ2v) is 8.99. The lowest BCUT2D eigenvalue weighted by molar-refractivity contribution is -0.156. The number of rotatable bonds is 5. The highest BCUT2D eigenvalue weighted by atomic mass is 35.5. The van der Waals surface area contributed by atoms with Gasteiger partial charge in [-0.2, -0.15) is 0 Å². The van der Waals surface area contributed by atoms with Gasteiger partial charge in [-0.1, -0.05) is 56.5 Å².